The van der Waals surface area contributed by atoms with E-state index >= 15 is 0 Å². The number of ether oxygens (including phenoxy) is 2. The van der Waals surface area contributed by atoms with Gasteiger partial charge in [-0.25, -0.2) is 0 Å². The van der Waals surface area contributed by atoms with E-state index in [1.165, 1.54) is 11.5 Å². The minimum absolute atomic E-state index is 0.0154. The van der Waals surface area contributed by atoms with Crippen LogP contribution in [0.15, 0.2) is 0 Å². The summed E-state index contributed by atoms with van der Waals surface area (Å²) in [6, 6.07) is 0. The number of rotatable bonds is 3. The lowest BCUT2D eigenvalue weighted by molar-refractivity contribution is -0.183. The molecule has 0 aromatic carbocycles. The van der Waals surface area contributed by atoms with E-state index in [1.54, 1.807) is 0 Å². The molecule has 20 heavy (non-hydrogen) atoms. The third-order valence-corrected chi connectivity index (χ3v) is 4.51. The maximum atomic E-state index is 12.6. The first kappa shape index (κ1) is 13.9. The Hall–Kier alpha value is -1.05. The maximum Gasteiger partial charge on any atom is 0.267 e. The van der Waals surface area contributed by atoms with Crippen molar-refractivity contribution in [3.8, 4) is 0 Å². The van der Waals surface area contributed by atoms with Crippen molar-refractivity contribution in [1.29, 1.82) is 0 Å². The number of hydrogen-bond donors (Lipinski definition) is 0. The average molecular weight is 297 g/mol. The number of piperidine rings is 1. The van der Waals surface area contributed by atoms with Crippen LogP contribution in [0.1, 0.15) is 41.6 Å². The Morgan fingerprint density at radius 1 is 1.45 bits per heavy atom. The summed E-state index contributed by atoms with van der Waals surface area (Å²) in [6.45, 7) is 4.56. The molecule has 0 N–H and O–H groups in total. The molecule has 0 radical (unpaired) electrons. The molecule has 2 aliphatic rings. The van der Waals surface area contributed by atoms with E-state index in [0.717, 1.165) is 37.9 Å². The molecule has 7 heteroatoms. The van der Waals surface area contributed by atoms with Gasteiger partial charge in [-0.15, -0.1) is 5.10 Å². The van der Waals surface area contributed by atoms with Crippen LogP contribution >= 0.6 is 11.5 Å². The van der Waals surface area contributed by atoms with Gasteiger partial charge in [-0.3, -0.25) is 4.79 Å². The van der Waals surface area contributed by atoms with Gasteiger partial charge < -0.3 is 14.4 Å². The minimum atomic E-state index is -0.572. The lowest BCUT2D eigenvalue weighted by Crippen LogP contribution is -2.51. The molecule has 1 spiro atoms. The lowest BCUT2D eigenvalue weighted by Gasteiger charge is -2.38. The zero-order chi connectivity index (χ0) is 14.0. The Bertz CT molecular complexity index is 485. The van der Waals surface area contributed by atoms with E-state index in [-0.39, 0.29) is 5.91 Å². The number of carbonyl (C=O) groups excluding carboxylic acids is 1. The predicted molar refractivity (Wildman–Crippen MR) is 73.7 cm³/mol. The largest absolute Gasteiger partial charge is 0.346 e. The number of likely N-dealkylation sites (tertiary alicyclic amines) is 1. The van der Waals surface area contributed by atoms with Crippen LogP contribution in [0, 0.1) is 0 Å². The summed E-state index contributed by atoms with van der Waals surface area (Å²) in [6.07, 6.45) is 3.52. The minimum Gasteiger partial charge on any atom is -0.346 e. The van der Waals surface area contributed by atoms with Crippen LogP contribution in [0.5, 0.6) is 0 Å². The van der Waals surface area contributed by atoms with Crippen molar-refractivity contribution in [1.82, 2.24) is 14.5 Å². The number of amides is 1. The average Bonchev–Trinajstić information content (AvgIpc) is 3.09. The van der Waals surface area contributed by atoms with Crippen molar-refractivity contribution in [3.05, 3.63) is 10.6 Å². The summed E-state index contributed by atoms with van der Waals surface area (Å²) >= 11 is 1.19. The molecule has 3 rings (SSSR count). The van der Waals surface area contributed by atoms with Gasteiger partial charge in [0, 0.05) is 13.0 Å². The third-order valence-electron chi connectivity index (χ3n) is 3.76. The molecule has 2 aliphatic heterocycles. The zero-order valence-corrected chi connectivity index (χ0v) is 12.4. The van der Waals surface area contributed by atoms with Crippen LogP contribution in [-0.2, 0) is 15.9 Å². The monoisotopic (exact) mass is 297 g/mol. The topological polar surface area (TPSA) is 64.6 Å². The predicted octanol–water partition coefficient (Wildman–Crippen LogP) is 1.47. The van der Waals surface area contributed by atoms with Gasteiger partial charge >= 0.3 is 0 Å². The highest BCUT2D eigenvalue weighted by Gasteiger charge is 2.42. The van der Waals surface area contributed by atoms with Crippen LogP contribution in [0.25, 0.3) is 0 Å². The lowest BCUT2D eigenvalue weighted by atomic mass is 10.0. The fourth-order valence-electron chi connectivity index (χ4n) is 2.81. The van der Waals surface area contributed by atoms with Gasteiger partial charge in [0.2, 0.25) is 0 Å². The molecule has 0 bridgehead atoms. The summed E-state index contributed by atoms with van der Waals surface area (Å²) in [5.74, 6) is -0.557. The van der Waals surface area contributed by atoms with Crippen LogP contribution in [0.4, 0.5) is 0 Å². The molecule has 3 heterocycles. The summed E-state index contributed by atoms with van der Waals surface area (Å²) in [5.41, 5.74) is 0.815. The maximum absolute atomic E-state index is 12.6. The Morgan fingerprint density at radius 2 is 2.25 bits per heavy atom. The number of hydrogen-bond acceptors (Lipinski definition) is 6. The molecular formula is C13H19N3O3S. The smallest absolute Gasteiger partial charge is 0.267 e. The molecule has 0 unspecified atom stereocenters. The van der Waals surface area contributed by atoms with E-state index in [0.29, 0.717) is 24.6 Å². The molecular weight excluding hydrogens is 278 g/mol. The second kappa shape index (κ2) is 5.75. The van der Waals surface area contributed by atoms with E-state index in [9.17, 15) is 4.79 Å². The molecule has 110 valence electrons. The van der Waals surface area contributed by atoms with Crippen LogP contribution in [0.3, 0.4) is 0 Å². The Balaban J connectivity index is 1.74. The van der Waals surface area contributed by atoms with Crippen LogP contribution in [-0.4, -0.2) is 52.5 Å². The van der Waals surface area contributed by atoms with Crippen molar-refractivity contribution in [2.45, 2.75) is 38.4 Å². The van der Waals surface area contributed by atoms with Crippen molar-refractivity contribution in [2.24, 2.45) is 0 Å². The van der Waals surface area contributed by atoms with Gasteiger partial charge in [0.15, 0.2) is 5.79 Å². The summed E-state index contributed by atoms with van der Waals surface area (Å²) in [7, 11) is 0. The van der Waals surface area contributed by atoms with Gasteiger partial charge in [-0.05, 0) is 24.4 Å². The molecule has 1 aromatic heterocycles. The third kappa shape index (κ3) is 2.57. The van der Waals surface area contributed by atoms with E-state index < -0.39 is 5.79 Å². The second-order valence-electron chi connectivity index (χ2n) is 5.24. The summed E-state index contributed by atoms with van der Waals surface area (Å²) in [4.78, 5) is 15.1. The van der Waals surface area contributed by atoms with E-state index in [1.807, 2.05) is 4.90 Å². The van der Waals surface area contributed by atoms with Crippen molar-refractivity contribution >= 4 is 17.4 Å². The SMILES string of the molecule is CCCc1nnsc1C(=O)N1CCCC2(C1)OCCO2. The van der Waals surface area contributed by atoms with Gasteiger partial charge in [0.1, 0.15) is 4.88 Å². The Labute approximate surface area is 122 Å². The molecule has 1 amide bonds. The quantitative estimate of drug-likeness (QED) is 0.845. The van der Waals surface area contributed by atoms with E-state index in [4.69, 9.17) is 9.47 Å². The fourth-order valence-corrected chi connectivity index (χ4v) is 3.49. The highest BCUT2D eigenvalue weighted by Crippen LogP contribution is 2.31. The fraction of sp³-hybridized carbons (Fsp3) is 0.769. The van der Waals surface area contributed by atoms with Crippen LogP contribution < -0.4 is 0 Å². The first-order valence-electron chi connectivity index (χ1n) is 7.12. The first-order valence-corrected chi connectivity index (χ1v) is 7.90. The highest BCUT2D eigenvalue weighted by molar-refractivity contribution is 7.08. The molecule has 1 aromatic rings. The zero-order valence-electron chi connectivity index (χ0n) is 11.6. The van der Waals surface area contributed by atoms with Gasteiger partial charge in [-0.2, -0.15) is 0 Å². The molecule has 0 saturated carbocycles. The Kier molecular flexibility index (Phi) is 4.00. The normalized spacial score (nSPS) is 21.6. The van der Waals surface area contributed by atoms with Gasteiger partial charge in [0.05, 0.1) is 25.5 Å². The molecule has 0 aliphatic carbocycles. The summed E-state index contributed by atoms with van der Waals surface area (Å²) in [5, 5.41) is 4.07. The second-order valence-corrected chi connectivity index (χ2v) is 5.99. The van der Waals surface area contributed by atoms with Crippen molar-refractivity contribution in [3.63, 3.8) is 0 Å². The highest BCUT2D eigenvalue weighted by atomic mass is 32.1. The van der Waals surface area contributed by atoms with E-state index in [2.05, 4.69) is 16.5 Å². The number of aryl methyl sites for hydroxylation is 1. The summed E-state index contributed by atoms with van der Waals surface area (Å²) < 4.78 is 15.4. The number of aromatic nitrogens is 2. The molecule has 0 atom stereocenters. The standard InChI is InChI=1S/C13H19N3O3S/c1-2-4-10-11(20-15-14-10)12(17)16-6-3-5-13(9-16)18-7-8-19-13/h2-9H2,1H3. The van der Waals surface area contributed by atoms with Crippen molar-refractivity contribution < 1.29 is 14.3 Å². The molecule has 2 fully saturated rings. The first-order chi connectivity index (χ1) is 9.74. The molecule has 6 nitrogen and oxygen atoms in total. The number of carbonyl (C=O) groups is 1. The Morgan fingerprint density at radius 3 is 3.00 bits per heavy atom. The van der Waals surface area contributed by atoms with Gasteiger partial charge in [-0.1, -0.05) is 17.8 Å². The number of nitrogens with zero attached hydrogens (tertiary/aromatic N) is 3. The van der Waals surface area contributed by atoms with Gasteiger partial charge in [0.25, 0.3) is 5.91 Å². The molecule has 2 saturated heterocycles. The van der Waals surface area contributed by atoms with Crippen LogP contribution in [0.2, 0.25) is 0 Å². The van der Waals surface area contributed by atoms with Crippen molar-refractivity contribution in [2.75, 3.05) is 26.3 Å².